The van der Waals surface area contributed by atoms with Crippen molar-refractivity contribution in [3.63, 3.8) is 0 Å². The Morgan fingerprint density at radius 3 is 2.33 bits per heavy atom. The lowest BCUT2D eigenvalue weighted by Crippen LogP contribution is -2.37. The third-order valence-electron chi connectivity index (χ3n) is 3.87. The van der Waals surface area contributed by atoms with Crippen molar-refractivity contribution in [3.05, 3.63) is 35.4 Å². The van der Waals surface area contributed by atoms with E-state index in [4.69, 9.17) is 11.5 Å². The van der Waals surface area contributed by atoms with Gasteiger partial charge in [0, 0.05) is 12.1 Å². The highest BCUT2D eigenvalue weighted by atomic mass is 127. The smallest absolute Gasteiger partial charge is 0.251 e. The summed E-state index contributed by atoms with van der Waals surface area (Å²) in [5, 5.41) is 5.57. The first-order valence-electron chi connectivity index (χ1n) is 7.74. The molecule has 0 spiro atoms. The summed E-state index contributed by atoms with van der Waals surface area (Å²) in [6, 6.07) is 6.97. The lowest BCUT2D eigenvalue weighted by molar-refractivity contribution is -0.117. The molecule has 1 aliphatic carbocycles. The number of primary amides is 1. The minimum absolute atomic E-state index is 0. The number of hydrogen-bond acceptors (Lipinski definition) is 3. The van der Waals surface area contributed by atoms with Crippen molar-refractivity contribution in [2.24, 2.45) is 22.4 Å². The van der Waals surface area contributed by atoms with E-state index in [0.717, 1.165) is 18.0 Å². The summed E-state index contributed by atoms with van der Waals surface area (Å²) in [4.78, 5) is 26.6. The van der Waals surface area contributed by atoms with Crippen molar-refractivity contribution in [1.29, 1.82) is 0 Å². The van der Waals surface area contributed by atoms with Gasteiger partial charge in [0.15, 0.2) is 5.96 Å². The van der Waals surface area contributed by atoms with Gasteiger partial charge in [-0.05, 0) is 36.5 Å². The maximum atomic E-state index is 11.7. The van der Waals surface area contributed by atoms with Crippen LogP contribution < -0.4 is 22.1 Å². The summed E-state index contributed by atoms with van der Waals surface area (Å²) in [5.74, 6) is 0.261. The van der Waals surface area contributed by atoms with E-state index < -0.39 is 5.91 Å². The summed E-state index contributed by atoms with van der Waals surface area (Å²) in [5.41, 5.74) is 12.2. The average molecular weight is 445 g/mol. The van der Waals surface area contributed by atoms with Gasteiger partial charge in [-0.25, -0.2) is 4.99 Å². The Balaban J connectivity index is 0.00000288. The van der Waals surface area contributed by atoms with Crippen LogP contribution in [0.2, 0.25) is 0 Å². The van der Waals surface area contributed by atoms with Crippen LogP contribution in [-0.4, -0.2) is 30.9 Å². The molecule has 8 heteroatoms. The van der Waals surface area contributed by atoms with Crippen LogP contribution in [0.3, 0.4) is 0 Å². The number of nitrogens with zero attached hydrogens (tertiary/aromatic N) is 1. The maximum Gasteiger partial charge on any atom is 0.251 e. The van der Waals surface area contributed by atoms with Crippen LogP contribution >= 0.6 is 24.0 Å². The number of nitrogens with two attached hydrogens (primary N) is 2. The molecule has 1 aliphatic rings. The number of hydrogen-bond donors (Lipinski definition) is 4. The van der Waals surface area contributed by atoms with E-state index in [9.17, 15) is 9.59 Å². The first-order valence-corrected chi connectivity index (χ1v) is 7.74. The van der Waals surface area contributed by atoms with Gasteiger partial charge in [0.05, 0.1) is 13.1 Å². The quantitative estimate of drug-likeness (QED) is 0.281. The van der Waals surface area contributed by atoms with Crippen LogP contribution in [0.15, 0.2) is 29.3 Å². The Bertz CT molecular complexity index is 585. The van der Waals surface area contributed by atoms with Gasteiger partial charge in [-0.3, -0.25) is 9.59 Å². The summed E-state index contributed by atoms with van der Waals surface area (Å²) < 4.78 is 0. The van der Waals surface area contributed by atoms with Gasteiger partial charge >= 0.3 is 0 Å². The van der Waals surface area contributed by atoms with Crippen molar-refractivity contribution in [2.75, 3.05) is 13.1 Å². The molecule has 2 rings (SSSR count). The fraction of sp³-hybridized carbons (Fsp3) is 0.438. The number of benzene rings is 1. The number of carbonyl (C=O) groups is 2. The summed E-state index contributed by atoms with van der Waals surface area (Å²) in [6.45, 7) is 1.16. The molecule has 0 saturated heterocycles. The molecule has 7 nitrogen and oxygen atoms in total. The molecular formula is C16H24IN5O2. The Labute approximate surface area is 158 Å². The first-order chi connectivity index (χ1) is 11.0. The van der Waals surface area contributed by atoms with Crippen LogP contribution in [-0.2, 0) is 11.3 Å². The van der Waals surface area contributed by atoms with Gasteiger partial charge in [-0.2, -0.15) is 0 Å². The fourth-order valence-corrected chi connectivity index (χ4v) is 2.21. The summed E-state index contributed by atoms with van der Waals surface area (Å²) in [7, 11) is 0. The Morgan fingerprint density at radius 2 is 1.79 bits per heavy atom. The molecule has 1 aromatic rings. The molecule has 2 amide bonds. The Kier molecular flexibility index (Phi) is 8.51. The monoisotopic (exact) mass is 445 g/mol. The molecule has 0 atom stereocenters. The largest absolute Gasteiger partial charge is 0.370 e. The van der Waals surface area contributed by atoms with Gasteiger partial charge < -0.3 is 22.1 Å². The van der Waals surface area contributed by atoms with Gasteiger partial charge in [-0.15, -0.1) is 24.0 Å². The second-order valence-electron chi connectivity index (χ2n) is 5.73. The molecule has 24 heavy (non-hydrogen) atoms. The van der Waals surface area contributed by atoms with Crippen LogP contribution in [0.4, 0.5) is 0 Å². The average Bonchev–Trinajstić information content (AvgIpc) is 2.49. The lowest BCUT2D eigenvalue weighted by atomic mass is 9.85. The predicted molar refractivity (Wildman–Crippen MR) is 104 cm³/mol. The second-order valence-corrected chi connectivity index (χ2v) is 5.73. The molecule has 0 heterocycles. The highest BCUT2D eigenvalue weighted by molar-refractivity contribution is 14.0. The van der Waals surface area contributed by atoms with Crippen LogP contribution in [0.1, 0.15) is 35.2 Å². The van der Waals surface area contributed by atoms with Gasteiger partial charge in [0.2, 0.25) is 5.91 Å². The molecule has 0 bridgehead atoms. The van der Waals surface area contributed by atoms with Crippen molar-refractivity contribution in [2.45, 2.75) is 25.8 Å². The third kappa shape index (κ3) is 6.73. The number of halogens is 1. The van der Waals surface area contributed by atoms with E-state index in [2.05, 4.69) is 15.6 Å². The zero-order valence-corrected chi connectivity index (χ0v) is 15.8. The topological polar surface area (TPSA) is 123 Å². The van der Waals surface area contributed by atoms with Crippen molar-refractivity contribution >= 4 is 41.8 Å². The zero-order valence-electron chi connectivity index (χ0n) is 13.5. The number of carbonyl (C=O) groups excluding carboxylic acids is 2. The van der Waals surface area contributed by atoms with Crippen LogP contribution in [0, 0.1) is 5.92 Å². The lowest BCUT2D eigenvalue weighted by Gasteiger charge is -2.25. The first kappa shape index (κ1) is 20.2. The molecule has 1 saturated carbocycles. The van der Waals surface area contributed by atoms with Crippen molar-refractivity contribution < 1.29 is 9.59 Å². The van der Waals surface area contributed by atoms with Crippen LogP contribution in [0.25, 0.3) is 0 Å². The Morgan fingerprint density at radius 1 is 1.12 bits per heavy atom. The van der Waals surface area contributed by atoms with E-state index in [-0.39, 0.29) is 36.4 Å². The van der Waals surface area contributed by atoms with E-state index in [1.807, 2.05) is 12.1 Å². The fourth-order valence-electron chi connectivity index (χ4n) is 2.21. The van der Waals surface area contributed by atoms with Gasteiger partial charge in [0.1, 0.15) is 0 Å². The standard InChI is InChI=1S/C16H23N5O2.HI/c17-14(22)10-19-15(23)13-6-4-12(5-7-13)9-21-16(18)20-8-11-2-1-3-11;/h4-7,11H,1-3,8-10H2,(H2,17,22)(H,19,23)(H3,18,20,21);1H. The summed E-state index contributed by atoms with van der Waals surface area (Å²) in [6.07, 6.45) is 3.84. The number of amides is 2. The van der Waals surface area contributed by atoms with Crippen LogP contribution in [0.5, 0.6) is 0 Å². The molecule has 1 fully saturated rings. The minimum Gasteiger partial charge on any atom is -0.370 e. The Hall–Kier alpha value is -1.84. The van der Waals surface area contributed by atoms with Gasteiger partial charge in [-0.1, -0.05) is 18.6 Å². The number of aliphatic imine (C=N–C) groups is 1. The molecule has 132 valence electrons. The zero-order chi connectivity index (χ0) is 16.7. The molecule has 0 aliphatic heterocycles. The molecule has 0 aromatic heterocycles. The SMILES string of the molecule is I.NC(=O)CNC(=O)c1ccc(CN=C(N)NCC2CCC2)cc1. The van der Waals surface area contributed by atoms with E-state index >= 15 is 0 Å². The van der Waals surface area contributed by atoms with Gasteiger partial charge in [0.25, 0.3) is 5.91 Å². The number of guanidine groups is 1. The third-order valence-corrected chi connectivity index (χ3v) is 3.87. The highest BCUT2D eigenvalue weighted by Gasteiger charge is 2.16. The van der Waals surface area contributed by atoms with E-state index in [0.29, 0.717) is 18.1 Å². The molecule has 0 radical (unpaired) electrons. The minimum atomic E-state index is -0.575. The second kappa shape index (κ2) is 10.1. The van der Waals surface area contributed by atoms with E-state index in [1.165, 1.54) is 19.3 Å². The number of nitrogens with one attached hydrogen (secondary N) is 2. The number of rotatable bonds is 7. The molecule has 6 N–H and O–H groups in total. The predicted octanol–water partition coefficient (Wildman–Crippen LogP) is 0.724. The molecule has 1 aromatic carbocycles. The normalized spacial score (nSPS) is 14.2. The van der Waals surface area contributed by atoms with Crippen molar-refractivity contribution in [1.82, 2.24) is 10.6 Å². The molecule has 0 unspecified atom stereocenters. The highest BCUT2D eigenvalue weighted by Crippen LogP contribution is 2.24. The maximum absolute atomic E-state index is 11.7. The molecular weight excluding hydrogens is 421 g/mol. The van der Waals surface area contributed by atoms with E-state index in [1.54, 1.807) is 12.1 Å². The summed E-state index contributed by atoms with van der Waals surface area (Å²) >= 11 is 0. The van der Waals surface area contributed by atoms with Crippen molar-refractivity contribution in [3.8, 4) is 0 Å².